The number of para-hydroxylation sites is 1. The van der Waals surface area contributed by atoms with Gasteiger partial charge in [0, 0.05) is 37.9 Å². The van der Waals surface area contributed by atoms with E-state index in [0.717, 1.165) is 12.2 Å². The van der Waals surface area contributed by atoms with Crippen molar-refractivity contribution in [2.45, 2.75) is 39.8 Å². The summed E-state index contributed by atoms with van der Waals surface area (Å²) >= 11 is 0. The van der Waals surface area contributed by atoms with Crippen LogP contribution in [0.2, 0.25) is 0 Å². The van der Waals surface area contributed by atoms with Crippen LogP contribution in [0.5, 0.6) is 0 Å². The summed E-state index contributed by atoms with van der Waals surface area (Å²) in [6.45, 7) is 10.2. The first-order valence-electron chi connectivity index (χ1n) is 7.28. The van der Waals surface area contributed by atoms with Crippen LogP contribution in [0.1, 0.15) is 38.1 Å². The largest absolute Gasteiger partial charge is 0.387 e. The highest BCUT2D eigenvalue weighted by atomic mass is 16.1. The van der Waals surface area contributed by atoms with Gasteiger partial charge < -0.3 is 10.6 Å². The van der Waals surface area contributed by atoms with E-state index in [-0.39, 0.29) is 5.91 Å². The van der Waals surface area contributed by atoms with E-state index < -0.39 is 0 Å². The number of hydrogen-bond donors (Lipinski definition) is 2. The topological polar surface area (TPSA) is 44.4 Å². The molecular weight excluding hydrogens is 250 g/mol. The van der Waals surface area contributed by atoms with Crippen LogP contribution in [0.4, 0.5) is 5.69 Å². The molecule has 0 spiro atoms. The molecule has 0 saturated heterocycles. The van der Waals surface area contributed by atoms with Crippen molar-refractivity contribution in [3.05, 3.63) is 29.8 Å². The normalized spacial score (nSPS) is 11.2. The zero-order chi connectivity index (χ0) is 15.1. The summed E-state index contributed by atoms with van der Waals surface area (Å²) in [5.41, 5.74) is 1.55. The summed E-state index contributed by atoms with van der Waals surface area (Å²) in [5.74, 6) is -0.0255. The maximum absolute atomic E-state index is 12.2. The summed E-state index contributed by atoms with van der Waals surface area (Å²) in [4.78, 5) is 14.5. The van der Waals surface area contributed by atoms with Crippen LogP contribution in [0.3, 0.4) is 0 Å². The molecule has 112 valence electrons. The van der Waals surface area contributed by atoms with E-state index in [0.29, 0.717) is 24.2 Å². The number of benzene rings is 1. The summed E-state index contributed by atoms with van der Waals surface area (Å²) < 4.78 is 0. The SMILES string of the molecule is CNc1ccccc1C(=O)NCCN(C(C)C)C(C)C. The Morgan fingerprint density at radius 1 is 1.15 bits per heavy atom. The Hall–Kier alpha value is -1.55. The molecule has 4 heteroatoms. The zero-order valence-corrected chi connectivity index (χ0v) is 13.2. The Bertz CT molecular complexity index is 421. The third-order valence-electron chi connectivity index (χ3n) is 3.42. The van der Waals surface area contributed by atoms with Crippen molar-refractivity contribution in [2.75, 3.05) is 25.5 Å². The second-order valence-corrected chi connectivity index (χ2v) is 5.48. The van der Waals surface area contributed by atoms with Crippen LogP contribution in [0.25, 0.3) is 0 Å². The lowest BCUT2D eigenvalue weighted by Crippen LogP contribution is -2.42. The minimum Gasteiger partial charge on any atom is -0.387 e. The van der Waals surface area contributed by atoms with Gasteiger partial charge in [-0.25, -0.2) is 0 Å². The van der Waals surface area contributed by atoms with Crippen LogP contribution < -0.4 is 10.6 Å². The number of carbonyl (C=O) groups excluding carboxylic acids is 1. The van der Waals surface area contributed by atoms with Crippen molar-refractivity contribution in [2.24, 2.45) is 0 Å². The van der Waals surface area contributed by atoms with Gasteiger partial charge >= 0.3 is 0 Å². The van der Waals surface area contributed by atoms with Gasteiger partial charge in [-0.1, -0.05) is 12.1 Å². The van der Waals surface area contributed by atoms with Gasteiger partial charge in [0.25, 0.3) is 5.91 Å². The third-order valence-corrected chi connectivity index (χ3v) is 3.42. The quantitative estimate of drug-likeness (QED) is 0.805. The fourth-order valence-electron chi connectivity index (χ4n) is 2.41. The molecule has 0 saturated carbocycles. The molecular formula is C16H27N3O. The van der Waals surface area contributed by atoms with Gasteiger partial charge in [-0.2, -0.15) is 0 Å². The lowest BCUT2D eigenvalue weighted by Gasteiger charge is -2.30. The Morgan fingerprint density at radius 2 is 1.75 bits per heavy atom. The number of carbonyl (C=O) groups is 1. The highest BCUT2D eigenvalue weighted by molar-refractivity contribution is 5.99. The first kappa shape index (κ1) is 16.5. The van der Waals surface area contributed by atoms with Crippen LogP contribution in [-0.2, 0) is 0 Å². The van der Waals surface area contributed by atoms with Crippen LogP contribution >= 0.6 is 0 Å². The fourth-order valence-corrected chi connectivity index (χ4v) is 2.41. The highest BCUT2D eigenvalue weighted by Gasteiger charge is 2.14. The average Bonchev–Trinajstić information content (AvgIpc) is 2.42. The molecule has 4 nitrogen and oxygen atoms in total. The van der Waals surface area contributed by atoms with Crippen molar-refractivity contribution >= 4 is 11.6 Å². The second kappa shape index (κ2) is 7.90. The number of nitrogens with zero attached hydrogens (tertiary/aromatic N) is 1. The average molecular weight is 277 g/mol. The summed E-state index contributed by atoms with van der Waals surface area (Å²) in [6.07, 6.45) is 0. The molecule has 0 aliphatic heterocycles. The van der Waals surface area contributed by atoms with Gasteiger partial charge in [-0.15, -0.1) is 0 Å². The van der Waals surface area contributed by atoms with Gasteiger partial charge in [0.15, 0.2) is 0 Å². The van der Waals surface area contributed by atoms with E-state index in [1.807, 2.05) is 31.3 Å². The summed E-state index contributed by atoms with van der Waals surface area (Å²) in [7, 11) is 1.82. The van der Waals surface area contributed by atoms with E-state index in [1.165, 1.54) is 0 Å². The molecule has 1 amide bonds. The molecule has 0 unspecified atom stereocenters. The molecule has 0 heterocycles. The molecule has 0 fully saturated rings. The lowest BCUT2D eigenvalue weighted by atomic mass is 10.1. The Balaban J connectivity index is 2.55. The number of amides is 1. The van der Waals surface area contributed by atoms with Crippen LogP contribution in [0.15, 0.2) is 24.3 Å². The minimum absolute atomic E-state index is 0.0255. The summed E-state index contributed by atoms with van der Waals surface area (Å²) in [5, 5.41) is 6.03. The van der Waals surface area contributed by atoms with Gasteiger partial charge in [0.2, 0.25) is 0 Å². The number of anilines is 1. The molecule has 1 rings (SSSR count). The monoisotopic (exact) mass is 277 g/mol. The minimum atomic E-state index is -0.0255. The van der Waals surface area contributed by atoms with Gasteiger partial charge in [-0.05, 0) is 39.8 Å². The van der Waals surface area contributed by atoms with E-state index in [9.17, 15) is 4.79 Å². The van der Waals surface area contributed by atoms with Crippen molar-refractivity contribution in [1.29, 1.82) is 0 Å². The maximum atomic E-state index is 12.2. The predicted octanol–water partition coefficient (Wildman–Crippen LogP) is 2.58. The van der Waals surface area contributed by atoms with Crippen molar-refractivity contribution in [3.63, 3.8) is 0 Å². The first-order valence-corrected chi connectivity index (χ1v) is 7.28. The maximum Gasteiger partial charge on any atom is 0.253 e. The molecule has 1 aromatic carbocycles. The lowest BCUT2D eigenvalue weighted by molar-refractivity contribution is 0.0940. The van der Waals surface area contributed by atoms with E-state index in [2.05, 4.69) is 43.2 Å². The Labute approximate surface area is 122 Å². The summed E-state index contributed by atoms with van der Waals surface area (Å²) in [6, 6.07) is 8.51. The van der Waals surface area contributed by atoms with Crippen molar-refractivity contribution in [1.82, 2.24) is 10.2 Å². The van der Waals surface area contributed by atoms with E-state index in [4.69, 9.17) is 0 Å². The molecule has 0 atom stereocenters. The number of rotatable bonds is 7. The standard InChI is InChI=1S/C16H27N3O/c1-12(2)19(13(3)4)11-10-18-16(20)14-8-6-7-9-15(14)17-5/h6-9,12-13,17H,10-11H2,1-5H3,(H,18,20). The van der Waals surface area contributed by atoms with E-state index >= 15 is 0 Å². The smallest absolute Gasteiger partial charge is 0.253 e. The molecule has 0 aliphatic carbocycles. The second-order valence-electron chi connectivity index (χ2n) is 5.48. The van der Waals surface area contributed by atoms with Gasteiger partial charge in [0.05, 0.1) is 5.56 Å². The zero-order valence-electron chi connectivity index (χ0n) is 13.2. The Morgan fingerprint density at radius 3 is 2.30 bits per heavy atom. The molecule has 0 aliphatic rings. The third kappa shape index (κ3) is 4.53. The number of hydrogen-bond acceptors (Lipinski definition) is 3. The predicted molar refractivity (Wildman–Crippen MR) is 85.3 cm³/mol. The van der Waals surface area contributed by atoms with Crippen LogP contribution in [0, 0.1) is 0 Å². The molecule has 0 radical (unpaired) electrons. The van der Waals surface area contributed by atoms with E-state index in [1.54, 1.807) is 0 Å². The van der Waals surface area contributed by atoms with Gasteiger partial charge in [-0.3, -0.25) is 9.69 Å². The molecule has 20 heavy (non-hydrogen) atoms. The van der Waals surface area contributed by atoms with Crippen molar-refractivity contribution < 1.29 is 4.79 Å². The number of nitrogens with one attached hydrogen (secondary N) is 2. The molecule has 1 aromatic rings. The Kier molecular flexibility index (Phi) is 6.52. The first-order chi connectivity index (χ1) is 9.47. The fraction of sp³-hybridized carbons (Fsp3) is 0.562. The van der Waals surface area contributed by atoms with Gasteiger partial charge in [0.1, 0.15) is 0 Å². The molecule has 0 bridgehead atoms. The molecule has 0 aromatic heterocycles. The highest BCUT2D eigenvalue weighted by Crippen LogP contribution is 2.13. The molecule has 2 N–H and O–H groups in total. The van der Waals surface area contributed by atoms with Crippen LogP contribution in [-0.4, -0.2) is 43.0 Å². The van der Waals surface area contributed by atoms with Crippen molar-refractivity contribution in [3.8, 4) is 0 Å².